The summed E-state index contributed by atoms with van der Waals surface area (Å²) in [7, 11) is 0. The van der Waals surface area contributed by atoms with Crippen LogP contribution in [0.15, 0.2) is 54.6 Å². The van der Waals surface area contributed by atoms with Gasteiger partial charge in [0, 0.05) is 38.3 Å². The van der Waals surface area contributed by atoms with Crippen LogP contribution in [0.4, 0.5) is 0 Å². The Bertz CT molecular complexity index is 766. The van der Waals surface area contributed by atoms with Gasteiger partial charge < -0.3 is 10.2 Å². The fourth-order valence-corrected chi connectivity index (χ4v) is 3.28. The first kappa shape index (κ1) is 19.1. The summed E-state index contributed by atoms with van der Waals surface area (Å²) in [5, 5.41) is 3.01. The lowest BCUT2D eigenvalue weighted by Crippen LogP contribution is -2.54. The zero-order chi connectivity index (χ0) is 19.2. The highest BCUT2D eigenvalue weighted by atomic mass is 16.2. The molecule has 5 heteroatoms. The van der Waals surface area contributed by atoms with Crippen molar-refractivity contribution in [1.29, 1.82) is 0 Å². The number of hydrogen-bond donors (Lipinski definition) is 1. The van der Waals surface area contributed by atoms with Crippen molar-refractivity contribution in [3.05, 3.63) is 71.3 Å². The Labute approximate surface area is 161 Å². The number of rotatable bonds is 5. The van der Waals surface area contributed by atoms with E-state index in [9.17, 15) is 9.59 Å². The van der Waals surface area contributed by atoms with Gasteiger partial charge in [0.25, 0.3) is 5.91 Å². The number of carbonyl (C=O) groups excluding carboxylic acids is 2. The van der Waals surface area contributed by atoms with Gasteiger partial charge in [-0.2, -0.15) is 0 Å². The lowest BCUT2D eigenvalue weighted by molar-refractivity contribution is -0.126. The third-order valence-corrected chi connectivity index (χ3v) is 5.14. The fraction of sp³-hybridized carbons (Fsp3) is 0.364. The molecule has 1 aliphatic rings. The maximum atomic E-state index is 12.5. The predicted octanol–water partition coefficient (Wildman–Crippen LogP) is 2.46. The maximum Gasteiger partial charge on any atom is 0.253 e. The van der Waals surface area contributed by atoms with E-state index in [-0.39, 0.29) is 17.9 Å². The van der Waals surface area contributed by atoms with Crippen LogP contribution in [0.2, 0.25) is 0 Å². The van der Waals surface area contributed by atoms with Gasteiger partial charge in [-0.05, 0) is 31.5 Å². The van der Waals surface area contributed by atoms with Gasteiger partial charge in [-0.15, -0.1) is 0 Å². The van der Waals surface area contributed by atoms with E-state index in [4.69, 9.17) is 0 Å². The molecule has 2 amide bonds. The first-order valence-electron chi connectivity index (χ1n) is 9.46. The molecule has 0 saturated carbocycles. The first-order valence-corrected chi connectivity index (χ1v) is 9.46. The SMILES string of the molecule is Cc1ccc(CNC(=O)C(C)N2CCN(C(=O)c3ccccc3)CC2)cc1. The molecule has 2 aromatic carbocycles. The lowest BCUT2D eigenvalue weighted by Gasteiger charge is -2.37. The van der Waals surface area contributed by atoms with Gasteiger partial charge >= 0.3 is 0 Å². The Morgan fingerprint density at radius 1 is 0.963 bits per heavy atom. The van der Waals surface area contributed by atoms with E-state index in [1.54, 1.807) is 0 Å². The number of piperazine rings is 1. The Morgan fingerprint density at radius 3 is 2.22 bits per heavy atom. The highest BCUT2D eigenvalue weighted by Crippen LogP contribution is 2.11. The maximum absolute atomic E-state index is 12.5. The minimum Gasteiger partial charge on any atom is -0.351 e. The summed E-state index contributed by atoms with van der Waals surface area (Å²) >= 11 is 0. The second-order valence-corrected chi connectivity index (χ2v) is 7.07. The Morgan fingerprint density at radius 2 is 1.59 bits per heavy atom. The summed E-state index contributed by atoms with van der Waals surface area (Å²) in [4.78, 5) is 29.0. The van der Waals surface area contributed by atoms with Crippen molar-refractivity contribution >= 4 is 11.8 Å². The van der Waals surface area contributed by atoms with Crippen molar-refractivity contribution in [1.82, 2.24) is 15.1 Å². The molecule has 3 rings (SSSR count). The number of aryl methyl sites for hydroxylation is 1. The van der Waals surface area contributed by atoms with Crippen LogP contribution < -0.4 is 5.32 Å². The molecule has 0 bridgehead atoms. The van der Waals surface area contributed by atoms with Crippen LogP contribution in [-0.2, 0) is 11.3 Å². The molecule has 0 aliphatic carbocycles. The zero-order valence-electron chi connectivity index (χ0n) is 16.0. The molecule has 0 aromatic heterocycles. The molecule has 2 aromatic rings. The molecule has 142 valence electrons. The fourth-order valence-electron chi connectivity index (χ4n) is 3.28. The molecular formula is C22H27N3O2. The zero-order valence-corrected chi connectivity index (χ0v) is 16.0. The minimum atomic E-state index is -0.204. The van der Waals surface area contributed by atoms with E-state index in [2.05, 4.69) is 10.2 Å². The molecule has 1 saturated heterocycles. The van der Waals surface area contributed by atoms with E-state index in [1.807, 2.05) is 73.3 Å². The summed E-state index contributed by atoms with van der Waals surface area (Å²) in [6, 6.07) is 17.3. The number of benzene rings is 2. The molecule has 5 nitrogen and oxygen atoms in total. The van der Waals surface area contributed by atoms with E-state index in [1.165, 1.54) is 5.56 Å². The van der Waals surface area contributed by atoms with Crippen molar-refractivity contribution in [3.8, 4) is 0 Å². The predicted molar refractivity (Wildman–Crippen MR) is 106 cm³/mol. The van der Waals surface area contributed by atoms with Crippen molar-refractivity contribution in [2.75, 3.05) is 26.2 Å². The number of hydrogen-bond acceptors (Lipinski definition) is 3. The van der Waals surface area contributed by atoms with E-state index < -0.39 is 0 Å². The molecule has 1 unspecified atom stereocenters. The smallest absolute Gasteiger partial charge is 0.253 e. The number of nitrogens with zero attached hydrogens (tertiary/aromatic N) is 2. The Hall–Kier alpha value is -2.66. The van der Waals surface area contributed by atoms with E-state index in [0.717, 1.165) is 11.1 Å². The third kappa shape index (κ3) is 4.95. The van der Waals surface area contributed by atoms with Gasteiger partial charge in [0.2, 0.25) is 5.91 Å². The summed E-state index contributed by atoms with van der Waals surface area (Å²) in [6.07, 6.45) is 0. The molecule has 1 aliphatic heterocycles. The normalized spacial score (nSPS) is 16.0. The van der Waals surface area contributed by atoms with Gasteiger partial charge in [-0.3, -0.25) is 14.5 Å². The van der Waals surface area contributed by atoms with Gasteiger partial charge in [0.05, 0.1) is 6.04 Å². The van der Waals surface area contributed by atoms with Gasteiger partial charge in [-0.25, -0.2) is 0 Å². The van der Waals surface area contributed by atoms with Crippen LogP contribution in [0, 0.1) is 6.92 Å². The molecule has 1 heterocycles. The van der Waals surface area contributed by atoms with Crippen molar-refractivity contribution < 1.29 is 9.59 Å². The number of nitrogens with one attached hydrogen (secondary N) is 1. The second-order valence-electron chi connectivity index (χ2n) is 7.07. The van der Waals surface area contributed by atoms with Gasteiger partial charge in [-0.1, -0.05) is 48.0 Å². The average molecular weight is 365 g/mol. The first-order chi connectivity index (χ1) is 13.0. The van der Waals surface area contributed by atoms with Crippen molar-refractivity contribution in [2.45, 2.75) is 26.4 Å². The van der Waals surface area contributed by atoms with Gasteiger partial charge in [0.1, 0.15) is 0 Å². The lowest BCUT2D eigenvalue weighted by atomic mass is 10.1. The van der Waals surface area contributed by atoms with Crippen LogP contribution in [-0.4, -0.2) is 53.8 Å². The molecule has 1 N–H and O–H groups in total. The van der Waals surface area contributed by atoms with E-state index >= 15 is 0 Å². The van der Waals surface area contributed by atoms with Crippen LogP contribution in [0.5, 0.6) is 0 Å². The summed E-state index contributed by atoms with van der Waals surface area (Å²) in [6.45, 7) is 7.21. The summed E-state index contributed by atoms with van der Waals surface area (Å²) < 4.78 is 0. The molecule has 0 spiro atoms. The molecule has 0 radical (unpaired) electrons. The van der Waals surface area contributed by atoms with Crippen molar-refractivity contribution in [3.63, 3.8) is 0 Å². The largest absolute Gasteiger partial charge is 0.351 e. The molecular weight excluding hydrogens is 338 g/mol. The standard InChI is InChI=1S/C22H27N3O2/c1-17-8-10-19(11-9-17)16-23-21(26)18(2)24-12-14-25(15-13-24)22(27)20-6-4-3-5-7-20/h3-11,18H,12-16H2,1-2H3,(H,23,26). The molecule has 27 heavy (non-hydrogen) atoms. The van der Waals surface area contributed by atoms with Crippen LogP contribution >= 0.6 is 0 Å². The van der Waals surface area contributed by atoms with Crippen LogP contribution in [0.1, 0.15) is 28.4 Å². The Kier molecular flexibility index (Phi) is 6.24. The average Bonchev–Trinajstić information content (AvgIpc) is 2.73. The number of amides is 2. The second kappa shape index (κ2) is 8.82. The highest BCUT2D eigenvalue weighted by Gasteiger charge is 2.27. The van der Waals surface area contributed by atoms with Crippen molar-refractivity contribution in [2.24, 2.45) is 0 Å². The molecule has 1 atom stereocenters. The monoisotopic (exact) mass is 365 g/mol. The topological polar surface area (TPSA) is 52.7 Å². The van der Waals surface area contributed by atoms with E-state index in [0.29, 0.717) is 32.7 Å². The van der Waals surface area contributed by atoms with Gasteiger partial charge in [0.15, 0.2) is 0 Å². The molecule has 1 fully saturated rings. The summed E-state index contributed by atoms with van der Waals surface area (Å²) in [5.74, 6) is 0.0881. The van der Waals surface area contributed by atoms with Crippen LogP contribution in [0.25, 0.3) is 0 Å². The Balaban J connectivity index is 1.47. The third-order valence-electron chi connectivity index (χ3n) is 5.14. The minimum absolute atomic E-state index is 0.0263. The quantitative estimate of drug-likeness (QED) is 0.886. The van der Waals surface area contributed by atoms with Crippen LogP contribution in [0.3, 0.4) is 0 Å². The summed E-state index contributed by atoms with van der Waals surface area (Å²) in [5.41, 5.74) is 3.02. The highest BCUT2D eigenvalue weighted by molar-refractivity contribution is 5.94. The number of carbonyl (C=O) groups is 2.